The van der Waals surface area contributed by atoms with E-state index >= 15 is 0 Å². The summed E-state index contributed by atoms with van der Waals surface area (Å²) in [5, 5.41) is 1.85. The van der Waals surface area contributed by atoms with Gasteiger partial charge in [-0.2, -0.15) is 0 Å². The first kappa shape index (κ1) is 13.6. The van der Waals surface area contributed by atoms with Crippen LogP contribution in [-0.2, 0) is 17.6 Å². The van der Waals surface area contributed by atoms with Crippen LogP contribution in [0.2, 0.25) is 0 Å². The highest BCUT2D eigenvalue weighted by atomic mass is 79.9. The Labute approximate surface area is 126 Å². The Hall–Kier alpha value is -0.420. The maximum absolute atomic E-state index is 12.1. The Morgan fingerprint density at radius 1 is 1.26 bits per heavy atom. The Kier molecular flexibility index (Phi) is 4.22. The first-order valence-electron chi connectivity index (χ1n) is 7.13. The second-order valence-electron chi connectivity index (χ2n) is 5.51. The molecule has 5 heteroatoms. The third-order valence-electron chi connectivity index (χ3n) is 3.99. The number of hydrogen-bond acceptors (Lipinski definition) is 3. The lowest BCUT2D eigenvalue weighted by atomic mass is 10.0. The predicted molar refractivity (Wildman–Crippen MR) is 82.2 cm³/mol. The molecule has 0 radical (unpaired) electrons. The number of fused-ring (bicyclic) bond motifs is 1. The quantitative estimate of drug-likeness (QED) is 0.770. The Morgan fingerprint density at radius 2 is 2.05 bits per heavy atom. The monoisotopic (exact) mass is 342 g/mol. The van der Waals surface area contributed by atoms with Crippen molar-refractivity contribution in [1.29, 1.82) is 0 Å². The van der Waals surface area contributed by atoms with E-state index in [2.05, 4.69) is 15.9 Å². The van der Waals surface area contributed by atoms with Gasteiger partial charge in [0.25, 0.3) is 0 Å². The van der Waals surface area contributed by atoms with Crippen LogP contribution in [0.1, 0.15) is 42.7 Å². The highest BCUT2D eigenvalue weighted by Gasteiger charge is 2.32. The fourth-order valence-corrected chi connectivity index (χ4v) is 4.49. The van der Waals surface area contributed by atoms with Crippen molar-refractivity contribution in [1.82, 2.24) is 4.98 Å². The van der Waals surface area contributed by atoms with Gasteiger partial charge in [0.05, 0.1) is 5.69 Å². The second-order valence-corrected chi connectivity index (χ2v) is 7.22. The normalized spacial score (nSPS) is 24.2. The number of thiazole rings is 1. The van der Waals surface area contributed by atoms with Crippen molar-refractivity contribution in [2.24, 2.45) is 5.92 Å². The van der Waals surface area contributed by atoms with Gasteiger partial charge in [-0.05, 0) is 31.6 Å². The van der Waals surface area contributed by atoms with Gasteiger partial charge in [-0.15, -0.1) is 11.3 Å². The number of amides is 1. The van der Waals surface area contributed by atoms with Gasteiger partial charge in [0.15, 0.2) is 5.13 Å². The SMILES string of the molecule is O=C1CC(CBr)CN1c1nc2c(s1)CCCCCC2. The van der Waals surface area contributed by atoms with Gasteiger partial charge in [0.1, 0.15) is 0 Å². The Morgan fingerprint density at radius 3 is 2.79 bits per heavy atom. The molecule has 104 valence electrons. The van der Waals surface area contributed by atoms with E-state index in [-0.39, 0.29) is 5.91 Å². The van der Waals surface area contributed by atoms with Gasteiger partial charge in [0.2, 0.25) is 5.91 Å². The van der Waals surface area contributed by atoms with E-state index in [0.717, 1.165) is 29.8 Å². The summed E-state index contributed by atoms with van der Waals surface area (Å²) in [5.74, 6) is 0.685. The molecule has 1 aliphatic heterocycles. The van der Waals surface area contributed by atoms with Crippen LogP contribution in [0.15, 0.2) is 0 Å². The van der Waals surface area contributed by atoms with Crippen molar-refractivity contribution in [3.8, 4) is 0 Å². The first-order chi connectivity index (χ1) is 9.28. The molecule has 1 aromatic heterocycles. The minimum atomic E-state index is 0.242. The van der Waals surface area contributed by atoms with Gasteiger partial charge in [-0.3, -0.25) is 9.69 Å². The number of carbonyl (C=O) groups excluding carboxylic acids is 1. The minimum Gasteiger partial charge on any atom is -0.288 e. The Bertz CT molecular complexity index is 449. The predicted octanol–water partition coefficient (Wildman–Crippen LogP) is 3.55. The lowest BCUT2D eigenvalue weighted by Gasteiger charge is -2.11. The summed E-state index contributed by atoms with van der Waals surface area (Å²) in [6, 6.07) is 0. The summed E-state index contributed by atoms with van der Waals surface area (Å²) in [4.78, 5) is 20.2. The van der Waals surface area contributed by atoms with Crippen LogP contribution in [0.25, 0.3) is 0 Å². The number of nitrogens with zero attached hydrogens (tertiary/aromatic N) is 2. The molecule has 1 fully saturated rings. The molecule has 19 heavy (non-hydrogen) atoms. The molecule has 2 aliphatic rings. The van der Waals surface area contributed by atoms with Gasteiger partial charge in [-0.1, -0.05) is 28.8 Å². The standard InChI is InChI=1S/C14H19BrN2OS/c15-8-10-7-13(18)17(9-10)14-16-11-5-3-1-2-4-6-12(11)19-14/h10H,1-9H2. The smallest absolute Gasteiger partial charge is 0.229 e. The zero-order chi connectivity index (χ0) is 13.2. The Balaban J connectivity index is 1.82. The lowest BCUT2D eigenvalue weighted by Crippen LogP contribution is -2.24. The van der Waals surface area contributed by atoms with Gasteiger partial charge in [-0.25, -0.2) is 4.98 Å². The first-order valence-corrected chi connectivity index (χ1v) is 9.06. The van der Waals surface area contributed by atoms with Crippen LogP contribution in [0.3, 0.4) is 0 Å². The van der Waals surface area contributed by atoms with E-state index in [1.54, 1.807) is 11.3 Å². The fourth-order valence-electron chi connectivity index (χ4n) is 2.88. The van der Waals surface area contributed by atoms with Gasteiger partial charge < -0.3 is 0 Å². The molecule has 2 heterocycles. The molecule has 0 bridgehead atoms. The van der Waals surface area contributed by atoms with Gasteiger partial charge >= 0.3 is 0 Å². The van der Waals surface area contributed by atoms with Crippen molar-refractivity contribution in [2.45, 2.75) is 44.9 Å². The molecule has 1 aliphatic carbocycles. The number of rotatable bonds is 2. The van der Waals surface area contributed by atoms with E-state index < -0.39 is 0 Å². The molecular weight excluding hydrogens is 324 g/mol. The van der Waals surface area contributed by atoms with Crippen LogP contribution in [0.5, 0.6) is 0 Å². The highest BCUT2D eigenvalue weighted by molar-refractivity contribution is 9.09. The molecule has 1 aromatic rings. The largest absolute Gasteiger partial charge is 0.288 e. The molecule has 0 aromatic carbocycles. The molecule has 0 spiro atoms. The van der Waals surface area contributed by atoms with Crippen LogP contribution in [0, 0.1) is 5.92 Å². The number of aromatic nitrogens is 1. The number of hydrogen-bond donors (Lipinski definition) is 0. The second kappa shape index (κ2) is 5.92. The van der Waals surface area contributed by atoms with E-state index in [9.17, 15) is 4.79 Å². The van der Waals surface area contributed by atoms with E-state index in [1.165, 1.54) is 36.3 Å². The average Bonchev–Trinajstić information content (AvgIpc) is 2.93. The molecule has 3 rings (SSSR count). The zero-order valence-electron chi connectivity index (χ0n) is 11.0. The van der Waals surface area contributed by atoms with E-state index in [0.29, 0.717) is 12.3 Å². The summed E-state index contributed by atoms with van der Waals surface area (Å²) >= 11 is 5.24. The fraction of sp³-hybridized carbons (Fsp3) is 0.714. The maximum atomic E-state index is 12.1. The van der Waals surface area contributed by atoms with Crippen LogP contribution in [-0.4, -0.2) is 22.8 Å². The summed E-state index contributed by atoms with van der Waals surface area (Å²) < 4.78 is 0. The summed E-state index contributed by atoms with van der Waals surface area (Å²) in [6.45, 7) is 0.830. The molecule has 1 atom stereocenters. The van der Waals surface area contributed by atoms with Crippen LogP contribution < -0.4 is 4.90 Å². The number of alkyl halides is 1. The molecular formula is C14H19BrN2OS. The number of carbonyl (C=O) groups is 1. The number of anilines is 1. The maximum Gasteiger partial charge on any atom is 0.229 e. The third kappa shape index (κ3) is 2.87. The van der Waals surface area contributed by atoms with Crippen LogP contribution >= 0.6 is 27.3 Å². The van der Waals surface area contributed by atoms with Crippen molar-refractivity contribution >= 4 is 38.3 Å². The highest BCUT2D eigenvalue weighted by Crippen LogP contribution is 2.34. The molecule has 1 saturated heterocycles. The van der Waals surface area contributed by atoms with Crippen molar-refractivity contribution in [3.05, 3.63) is 10.6 Å². The summed E-state index contributed by atoms with van der Waals surface area (Å²) in [5.41, 5.74) is 1.26. The summed E-state index contributed by atoms with van der Waals surface area (Å²) in [7, 11) is 0. The third-order valence-corrected chi connectivity index (χ3v) is 6.08. The summed E-state index contributed by atoms with van der Waals surface area (Å²) in [6.07, 6.45) is 8.07. The topological polar surface area (TPSA) is 33.2 Å². The lowest BCUT2D eigenvalue weighted by molar-refractivity contribution is -0.117. The molecule has 0 N–H and O–H groups in total. The van der Waals surface area contributed by atoms with Crippen molar-refractivity contribution in [3.63, 3.8) is 0 Å². The van der Waals surface area contributed by atoms with E-state index in [4.69, 9.17) is 4.98 Å². The number of halogens is 1. The molecule has 1 amide bonds. The zero-order valence-corrected chi connectivity index (χ0v) is 13.4. The molecule has 3 nitrogen and oxygen atoms in total. The van der Waals surface area contributed by atoms with Crippen molar-refractivity contribution < 1.29 is 4.79 Å². The van der Waals surface area contributed by atoms with Gasteiger partial charge in [0, 0.05) is 23.2 Å². The average molecular weight is 343 g/mol. The number of aryl methyl sites for hydroxylation is 2. The van der Waals surface area contributed by atoms with Crippen molar-refractivity contribution in [2.75, 3.05) is 16.8 Å². The van der Waals surface area contributed by atoms with E-state index in [1.807, 2.05) is 4.90 Å². The molecule has 0 saturated carbocycles. The molecule has 1 unspecified atom stereocenters. The minimum absolute atomic E-state index is 0.242. The van der Waals surface area contributed by atoms with Crippen LogP contribution in [0.4, 0.5) is 5.13 Å².